The molecular formula is C18H20ClN3OS. The molecule has 3 heterocycles. The Labute approximate surface area is 151 Å². The lowest BCUT2D eigenvalue weighted by Gasteiger charge is -2.33. The van der Waals surface area contributed by atoms with Crippen LogP contribution in [-0.2, 0) is 4.79 Å². The van der Waals surface area contributed by atoms with E-state index in [-0.39, 0.29) is 5.91 Å². The zero-order valence-electron chi connectivity index (χ0n) is 13.7. The van der Waals surface area contributed by atoms with Crippen LogP contribution in [0.25, 0.3) is 0 Å². The number of carbonyl (C=O) groups excluding carboxylic acids is 1. The highest BCUT2D eigenvalue weighted by atomic mass is 35.5. The van der Waals surface area contributed by atoms with E-state index in [2.05, 4.69) is 22.0 Å². The van der Waals surface area contributed by atoms with Crippen LogP contribution in [0.2, 0.25) is 5.02 Å². The van der Waals surface area contributed by atoms with Gasteiger partial charge in [0.1, 0.15) is 0 Å². The van der Waals surface area contributed by atoms with Crippen LogP contribution < -0.4 is 0 Å². The number of hydrogen-bond donors (Lipinski definition) is 0. The maximum Gasteiger partial charge on any atom is 0.262 e. The summed E-state index contributed by atoms with van der Waals surface area (Å²) in [5.41, 5.74) is 2.33. The topological polar surface area (TPSA) is 35.9 Å². The molecule has 1 saturated heterocycles. The van der Waals surface area contributed by atoms with Crippen molar-refractivity contribution in [3.8, 4) is 0 Å². The number of carbonyl (C=O) groups is 1. The Balaban J connectivity index is 1.50. The molecule has 6 heteroatoms. The third-order valence-corrected chi connectivity index (χ3v) is 6.43. The maximum absolute atomic E-state index is 13.0. The molecule has 0 spiro atoms. The zero-order valence-corrected chi connectivity index (χ0v) is 15.2. The van der Waals surface area contributed by atoms with Crippen LogP contribution in [0.15, 0.2) is 39.9 Å². The van der Waals surface area contributed by atoms with E-state index in [1.54, 1.807) is 0 Å². The first-order valence-electron chi connectivity index (χ1n) is 8.39. The van der Waals surface area contributed by atoms with E-state index < -0.39 is 0 Å². The average molecular weight is 362 g/mol. The van der Waals surface area contributed by atoms with Crippen LogP contribution in [0.1, 0.15) is 31.2 Å². The molecule has 126 valence electrons. The first-order chi connectivity index (χ1) is 11.6. The van der Waals surface area contributed by atoms with E-state index in [9.17, 15) is 4.79 Å². The summed E-state index contributed by atoms with van der Waals surface area (Å²) in [5, 5.41) is 1.74. The highest BCUT2D eigenvalue weighted by Crippen LogP contribution is 2.38. The number of benzene rings is 1. The summed E-state index contributed by atoms with van der Waals surface area (Å²) in [6, 6.07) is 8.04. The molecule has 0 radical (unpaired) electrons. The molecule has 4 rings (SSSR count). The number of rotatable bonds is 2. The van der Waals surface area contributed by atoms with Gasteiger partial charge in [-0.3, -0.25) is 9.79 Å². The summed E-state index contributed by atoms with van der Waals surface area (Å²) in [7, 11) is 0. The molecule has 4 nitrogen and oxygen atoms in total. The molecule has 1 atom stereocenters. The van der Waals surface area contributed by atoms with E-state index in [1.807, 2.05) is 24.0 Å². The number of piperidine rings is 1. The number of amides is 1. The second-order valence-corrected chi connectivity index (χ2v) is 7.89. The van der Waals surface area contributed by atoms with Gasteiger partial charge in [0.05, 0.1) is 11.4 Å². The summed E-state index contributed by atoms with van der Waals surface area (Å²) in [5.74, 6) is 0.553. The first kappa shape index (κ1) is 16.0. The molecule has 0 saturated carbocycles. The minimum absolute atomic E-state index is 0.160. The number of aliphatic imine (C=N–C) groups is 1. The highest BCUT2D eigenvalue weighted by molar-refractivity contribution is 8.18. The van der Waals surface area contributed by atoms with E-state index >= 15 is 0 Å². The van der Waals surface area contributed by atoms with Crippen LogP contribution in [0, 0.1) is 0 Å². The Morgan fingerprint density at radius 2 is 2.08 bits per heavy atom. The van der Waals surface area contributed by atoms with Crippen molar-refractivity contribution in [2.24, 2.45) is 4.99 Å². The van der Waals surface area contributed by atoms with Gasteiger partial charge in [0.2, 0.25) is 0 Å². The van der Waals surface area contributed by atoms with Crippen LogP contribution in [0.5, 0.6) is 0 Å². The molecule has 1 aromatic rings. The number of allylic oxidation sites excluding steroid dienone is 1. The lowest BCUT2D eigenvalue weighted by atomic mass is 9.90. The number of fused-ring (bicyclic) bond motifs is 1. The van der Waals surface area contributed by atoms with Gasteiger partial charge in [-0.2, -0.15) is 0 Å². The van der Waals surface area contributed by atoms with Gasteiger partial charge in [-0.15, -0.1) is 0 Å². The monoisotopic (exact) mass is 361 g/mol. The molecule has 0 unspecified atom stereocenters. The summed E-state index contributed by atoms with van der Waals surface area (Å²) in [4.78, 5) is 22.5. The average Bonchev–Trinajstić information content (AvgIpc) is 3.18. The van der Waals surface area contributed by atoms with Gasteiger partial charge in [-0.1, -0.05) is 23.7 Å². The predicted molar refractivity (Wildman–Crippen MR) is 99.3 cm³/mol. The smallest absolute Gasteiger partial charge is 0.262 e. The minimum atomic E-state index is 0.160. The summed E-state index contributed by atoms with van der Waals surface area (Å²) in [6.45, 7) is 5.40. The van der Waals surface area contributed by atoms with Crippen molar-refractivity contribution >= 4 is 34.4 Å². The fraction of sp³-hybridized carbons (Fsp3) is 0.444. The largest absolute Gasteiger partial charge is 0.338 e. The highest BCUT2D eigenvalue weighted by Gasteiger charge is 2.36. The van der Waals surface area contributed by atoms with Crippen molar-refractivity contribution < 1.29 is 4.79 Å². The first-order valence-corrected chi connectivity index (χ1v) is 9.58. The zero-order chi connectivity index (χ0) is 16.7. The van der Waals surface area contributed by atoms with Crippen molar-refractivity contribution in [3.63, 3.8) is 0 Å². The number of halogens is 1. The Morgan fingerprint density at radius 1 is 1.29 bits per heavy atom. The molecule has 0 aromatic heterocycles. The standard InChI is InChI=1S/C18H20ClN3OS/c1-12-16(24-18-20-8-10-22(12)18)17(23)21-9-2-3-14(11-21)13-4-6-15(19)7-5-13/h4-7,14H,2-3,8-11H2,1H3/t14-/m1/s1. The maximum atomic E-state index is 13.0. The van der Waals surface area contributed by atoms with Crippen molar-refractivity contribution in [1.29, 1.82) is 0 Å². The van der Waals surface area contributed by atoms with Crippen LogP contribution in [0.3, 0.4) is 0 Å². The fourth-order valence-corrected chi connectivity index (χ4v) is 4.90. The fourth-order valence-electron chi connectivity index (χ4n) is 3.62. The predicted octanol–water partition coefficient (Wildman–Crippen LogP) is 3.70. The van der Waals surface area contributed by atoms with Gasteiger partial charge in [-0.25, -0.2) is 0 Å². The molecular weight excluding hydrogens is 342 g/mol. The van der Waals surface area contributed by atoms with Crippen LogP contribution in [0.4, 0.5) is 0 Å². The van der Waals surface area contributed by atoms with Crippen molar-refractivity contribution in [2.75, 3.05) is 26.2 Å². The van der Waals surface area contributed by atoms with E-state index in [0.29, 0.717) is 5.92 Å². The summed E-state index contributed by atoms with van der Waals surface area (Å²) < 4.78 is 0. The van der Waals surface area contributed by atoms with Gasteiger partial charge in [0.25, 0.3) is 5.91 Å². The number of amidine groups is 1. The quantitative estimate of drug-likeness (QED) is 0.805. The number of likely N-dealkylation sites (tertiary alicyclic amines) is 1. The molecule has 1 amide bonds. The molecule has 1 aromatic carbocycles. The van der Waals surface area contributed by atoms with Gasteiger partial charge >= 0.3 is 0 Å². The molecule has 0 N–H and O–H groups in total. The third-order valence-electron chi connectivity index (χ3n) is 4.97. The number of nitrogens with zero attached hydrogens (tertiary/aromatic N) is 3. The summed E-state index contributed by atoms with van der Waals surface area (Å²) >= 11 is 7.53. The van der Waals surface area contributed by atoms with Crippen LogP contribution in [-0.4, -0.2) is 47.1 Å². The third kappa shape index (κ3) is 2.84. The second-order valence-electron chi connectivity index (χ2n) is 6.47. The van der Waals surface area contributed by atoms with Crippen molar-refractivity contribution in [3.05, 3.63) is 45.5 Å². The Kier molecular flexibility index (Phi) is 4.31. The van der Waals surface area contributed by atoms with Crippen molar-refractivity contribution in [1.82, 2.24) is 9.80 Å². The van der Waals surface area contributed by atoms with Gasteiger partial charge in [0, 0.05) is 36.3 Å². The van der Waals surface area contributed by atoms with E-state index in [1.165, 1.54) is 17.3 Å². The van der Waals surface area contributed by atoms with Gasteiger partial charge in [-0.05, 0) is 49.2 Å². The minimum Gasteiger partial charge on any atom is -0.338 e. The second kappa shape index (κ2) is 6.45. The molecule has 3 aliphatic heterocycles. The van der Waals surface area contributed by atoms with E-state index in [4.69, 9.17) is 11.6 Å². The normalized spacial score (nSPS) is 23.6. The molecule has 0 aliphatic carbocycles. The van der Waals surface area contributed by atoms with E-state index in [0.717, 1.165) is 59.8 Å². The Morgan fingerprint density at radius 3 is 2.83 bits per heavy atom. The van der Waals surface area contributed by atoms with Crippen LogP contribution >= 0.6 is 23.4 Å². The molecule has 3 aliphatic rings. The molecule has 0 bridgehead atoms. The Bertz CT molecular complexity index is 728. The number of hydrogen-bond acceptors (Lipinski definition) is 4. The molecule has 1 fully saturated rings. The van der Waals surface area contributed by atoms with Gasteiger partial charge in [0.15, 0.2) is 5.17 Å². The lowest BCUT2D eigenvalue weighted by Crippen LogP contribution is -2.39. The molecule has 24 heavy (non-hydrogen) atoms. The van der Waals surface area contributed by atoms with Crippen molar-refractivity contribution in [2.45, 2.75) is 25.7 Å². The SMILES string of the molecule is CC1=C(C(=O)N2CCC[C@@H](c3ccc(Cl)cc3)C2)SC2=NCCN21. The van der Waals surface area contributed by atoms with Gasteiger partial charge < -0.3 is 9.80 Å². The number of thioether (sulfide) groups is 1. The lowest BCUT2D eigenvalue weighted by molar-refractivity contribution is -0.127. The Hall–Kier alpha value is -1.46. The summed E-state index contributed by atoms with van der Waals surface area (Å²) in [6.07, 6.45) is 2.16.